The smallest absolute Gasteiger partial charge is 0.263 e. The number of fused-ring (bicyclic) bond motifs is 1. The second kappa shape index (κ2) is 11.7. The number of pyridine rings is 2. The van der Waals surface area contributed by atoms with E-state index in [4.69, 9.17) is 9.47 Å². The van der Waals surface area contributed by atoms with Crippen molar-refractivity contribution in [3.8, 4) is 5.88 Å². The number of piperidine rings is 1. The number of likely N-dealkylation sites (tertiary alicyclic amines) is 1. The normalized spacial score (nSPS) is 15.7. The fraction of sp³-hybridized carbons (Fsp3) is 0.393. The molecule has 3 aromatic rings. The zero-order valence-electron chi connectivity index (χ0n) is 21.8. The van der Waals surface area contributed by atoms with Crippen LogP contribution < -0.4 is 26.2 Å². The van der Waals surface area contributed by atoms with Crippen molar-refractivity contribution in [2.24, 2.45) is 0 Å². The summed E-state index contributed by atoms with van der Waals surface area (Å²) in [5.74, 6) is 0.557. The van der Waals surface area contributed by atoms with Crippen LogP contribution in [0.25, 0.3) is 0 Å². The number of hydrogen-bond acceptors (Lipinski definition) is 8. The minimum atomic E-state index is -0.487. The standard InChI is InChI=1S/C28H34N6O4/c1-18-23(17-31-28-25(18)29-11-15-38-28)33-22-7-10-30-26(35)24(22)27(36)32-21-5-3-19(4-6-21)20-8-12-34(13-9-20)14-16-37-2/h3-7,10,17,20,29H,8-9,11-16H2,1-2H3,(H,32,36)(H2,30,33,35). The molecule has 2 aliphatic heterocycles. The number of carbonyl (C=O) groups is 1. The molecule has 0 spiro atoms. The second-order valence-electron chi connectivity index (χ2n) is 9.66. The van der Waals surface area contributed by atoms with Crippen molar-refractivity contribution in [1.29, 1.82) is 0 Å². The van der Waals surface area contributed by atoms with E-state index in [-0.39, 0.29) is 5.56 Å². The van der Waals surface area contributed by atoms with Gasteiger partial charge in [0, 0.05) is 37.6 Å². The first kappa shape index (κ1) is 25.7. The van der Waals surface area contributed by atoms with Crippen LogP contribution in [0.5, 0.6) is 5.88 Å². The first-order valence-electron chi connectivity index (χ1n) is 13.0. The van der Waals surface area contributed by atoms with Crippen LogP contribution in [0.1, 0.15) is 40.2 Å². The lowest BCUT2D eigenvalue weighted by Crippen LogP contribution is -2.35. The molecule has 1 aromatic carbocycles. The van der Waals surface area contributed by atoms with Crippen LogP contribution in [0.3, 0.4) is 0 Å². The molecule has 0 unspecified atom stereocenters. The van der Waals surface area contributed by atoms with Crippen LogP contribution in [0.4, 0.5) is 22.7 Å². The monoisotopic (exact) mass is 518 g/mol. The number of methoxy groups -OCH3 is 1. The molecule has 1 fully saturated rings. The summed E-state index contributed by atoms with van der Waals surface area (Å²) in [6.45, 7) is 7.02. The number of aromatic amines is 1. The van der Waals surface area contributed by atoms with E-state index in [1.807, 2.05) is 19.1 Å². The summed E-state index contributed by atoms with van der Waals surface area (Å²) in [7, 11) is 1.74. The van der Waals surface area contributed by atoms with Gasteiger partial charge in [-0.1, -0.05) is 12.1 Å². The van der Waals surface area contributed by atoms with Crippen LogP contribution in [0.2, 0.25) is 0 Å². The van der Waals surface area contributed by atoms with Gasteiger partial charge in [-0.15, -0.1) is 0 Å². The fourth-order valence-corrected chi connectivity index (χ4v) is 5.04. The Bertz CT molecular complexity index is 1330. The minimum absolute atomic E-state index is 0.00124. The molecule has 10 heteroatoms. The largest absolute Gasteiger partial charge is 0.474 e. The molecule has 1 amide bonds. The SMILES string of the molecule is COCCN1CCC(c2ccc(NC(=O)c3c(Nc4cnc5c(c4C)NCCO5)cc[nH]c3=O)cc2)CC1. The number of anilines is 4. The van der Waals surface area contributed by atoms with Gasteiger partial charge in [0.25, 0.3) is 11.5 Å². The third-order valence-electron chi connectivity index (χ3n) is 7.24. The van der Waals surface area contributed by atoms with E-state index >= 15 is 0 Å². The quantitative estimate of drug-likeness (QED) is 0.356. The topological polar surface area (TPSA) is 121 Å². The van der Waals surface area contributed by atoms with Gasteiger partial charge >= 0.3 is 0 Å². The number of ether oxygens (including phenoxy) is 2. The Kier molecular flexibility index (Phi) is 7.90. The highest BCUT2D eigenvalue weighted by Crippen LogP contribution is 2.34. The van der Waals surface area contributed by atoms with Crippen LogP contribution in [-0.2, 0) is 4.74 Å². The number of benzene rings is 1. The summed E-state index contributed by atoms with van der Waals surface area (Å²) in [5.41, 5.74) is 4.19. The molecule has 0 saturated carbocycles. The molecule has 0 bridgehead atoms. The molecule has 0 atom stereocenters. The number of carbonyl (C=O) groups excluding carboxylic acids is 1. The minimum Gasteiger partial charge on any atom is -0.474 e. The van der Waals surface area contributed by atoms with Crippen molar-refractivity contribution in [2.45, 2.75) is 25.7 Å². The number of amides is 1. The van der Waals surface area contributed by atoms with Gasteiger partial charge < -0.3 is 35.3 Å². The van der Waals surface area contributed by atoms with Crippen LogP contribution in [0.15, 0.2) is 47.5 Å². The van der Waals surface area contributed by atoms with Crippen molar-refractivity contribution < 1.29 is 14.3 Å². The molecule has 4 N–H and O–H groups in total. The van der Waals surface area contributed by atoms with Crippen molar-refractivity contribution >= 4 is 28.7 Å². The van der Waals surface area contributed by atoms with Crippen LogP contribution in [-0.4, -0.2) is 67.3 Å². The van der Waals surface area contributed by atoms with Gasteiger partial charge in [-0.25, -0.2) is 4.98 Å². The molecule has 10 nitrogen and oxygen atoms in total. The van der Waals surface area contributed by atoms with E-state index in [2.05, 4.69) is 43.0 Å². The predicted molar refractivity (Wildman–Crippen MR) is 148 cm³/mol. The van der Waals surface area contributed by atoms with E-state index in [0.29, 0.717) is 42.0 Å². The van der Waals surface area contributed by atoms with Gasteiger partial charge in [0.1, 0.15) is 17.9 Å². The van der Waals surface area contributed by atoms with Gasteiger partial charge in [0.15, 0.2) is 0 Å². The van der Waals surface area contributed by atoms with Crippen molar-refractivity contribution in [3.05, 3.63) is 69.8 Å². The lowest BCUT2D eigenvalue weighted by molar-refractivity contribution is 0.102. The zero-order valence-corrected chi connectivity index (χ0v) is 21.8. The molecular weight excluding hydrogens is 484 g/mol. The molecule has 200 valence electrons. The molecule has 38 heavy (non-hydrogen) atoms. The van der Waals surface area contributed by atoms with Crippen LogP contribution >= 0.6 is 0 Å². The first-order valence-corrected chi connectivity index (χ1v) is 13.0. The average Bonchev–Trinajstić information content (AvgIpc) is 2.94. The lowest BCUT2D eigenvalue weighted by atomic mass is 9.89. The third-order valence-corrected chi connectivity index (χ3v) is 7.24. The average molecular weight is 519 g/mol. The van der Waals surface area contributed by atoms with Gasteiger partial charge in [-0.2, -0.15) is 0 Å². The van der Waals surface area contributed by atoms with Crippen LogP contribution in [0, 0.1) is 6.92 Å². The van der Waals surface area contributed by atoms with E-state index < -0.39 is 11.5 Å². The highest BCUT2D eigenvalue weighted by molar-refractivity contribution is 6.08. The van der Waals surface area contributed by atoms with E-state index in [1.165, 1.54) is 11.8 Å². The Labute approximate surface area is 221 Å². The molecule has 0 radical (unpaired) electrons. The molecule has 2 aliphatic rings. The highest BCUT2D eigenvalue weighted by Gasteiger charge is 2.22. The Balaban J connectivity index is 1.27. The summed E-state index contributed by atoms with van der Waals surface area (Å²) in [6.07, 6.45) is 5.36. The maximum atomic E-state index is 13.2. The molecule has 1 saturated heterocycles. The van der Waals surface area contributed by atoms with Gasteiger partial charge in [-0.05, 0) is 62.5 Å². The first-order chi connectivity index (χ1) is 18.5. The predicted octanol–water partition coefficient (Wildman–Crippen LogP) is 3.70. The van der Waals surface area contributed by atoms with Crippen molar-refractivity contribution in [3.63, 3.8) is 0 Å². The van der Waals surface area contributed by atoms with Gasteiger partial charge in [-0.3, -0.25) is 9.59 Å². The Morgan fingerprint density at radius 2 is 1.97 bits per heavy atom. The Hall–Kier alpha value is -3.89. The number of hydrogen-bond donors (Lipinski definition) is 4. The van der Waals surface area contributed by atoms with E-state index in [1.54, 1.807) is 19.4 Å². The Morgan fingerprint density at radius 3 is 2.74 bits per heavy atom. The Morgan fingerprint density at radius 1 is 1.18 bits per heavy atom. The summed E-state index contributed by atoms with van der Waals surface area (Å²) >= 11 is 0. The summed E-state index contributed by atoms with van der Waals surface area (Å²) in [4.78, 5) is 35.4. The number of nitrogens with zero attached hydrogens (tertiary/aromatic N) is 2. The number of nitrogens with one attached hydrogen (secondary N) is 4. The number of H-pyrrole nitrogens is 1. The summed E-state index contributed by atoms with van der Waals surface area (Å²) in [6, 6.07) is 9.60. The van der Waals surface area contributed by atoms with Gasteiger partial charge in [0.2, 0.25) is 5.88 Å². The lowest BCUT2D eigenvalue weighted by Gasteiger charge is -2.32. The van der Waals surface area contributed by atoms with E-state index in [0.717, 1.165) is 50.3 Å². The number of rotatable bonds is 8. The van der Waals surface area contributed by atoms with Crippen molar-refractivity contribution in [1.82, 2.24) is 14.9 Å². The molecule has 4 heterocycles. The highest BCUT2D eigenvalue weighted by atomic mass is 16.5. The fourth-order valence-electron chi connectivity index (χ4n) is 5.04. The molecule has 5 rings (SSSR count). The maximum absolute atomic E-state index is 13.2. The summed E-state index contributed by atoms with van der Waals surface area (Å²) < 4.78 is 10.8. The van der Waals surface area contributed by atoms with E-state index in [9.17, 15) is 9.59 Å². The third kappa shape index (κ3) is 5.66. The second-order valence-corrected chi connectivity index (χ2v) is 9.66. The van der Waals surface area contributed by atoms with Crippen molar-refractivity contribution in [2.75, 3.05) is 62.5 Å². The van der Waals surface area contributed by atoms with Gasteiger partial charge in [0.05, 0.1) is 24.2 Å². The molecule has 2 aromatic heterocycles. The summed E-state index contributed by atoms with van der Waals surface area (Å²) in [5, 5.41) is 9.39. The number of aromatic nitrogens is 2. The molecule has 0 aliphatic carbocycles. The zero-order chi connectivity index (χ0) is 26.5. The maximum Gasteiger partial charge on any atom is 0.263 e. The molecular formula is C28H34N6O4.